The molecule has 0 spiro atoms. The molecular weight excluding hydrogens is 335 g/mol. The number of nitrogens with one attached hydrogen (secondary N) is 2. The molecule has 136 valence electrons. The van der Waals surface area contributed by atoms with E-state index in [-0.39, 0.29) is 12.1 Å². The number of carbonyl (C=O) groups excluding carboxylic acids is 1. The highest BCUT2D eigenvalue weighted by atomic mass is 19.4. The van der Waals surface area contributed by atoms with Gasteiger partial charge in [-0.25, -0.2) is 0 Å². The van der Waals surface area contributed by atoms with Crippen molar-refractivity contribution in [1.82, 2.24) is 15.5 Å². The number of aromatic amines is 1. The van der Waals surface area contributed by atoms with Gasteiger partial charge in [-0.2, -0.15) is 18.3 Å². The first-order valence-electron chi connectivity index (χ1n) is 8.27. The molecule has 1 saturated carbocycles. The maximum absolute atomic E-state index is 12.2. The van der Waals surface area contributed by atoms with Gasteiger partial charge in [-0.15, -0.1) is 0 Å². The first-order valence-corrected chi connectivity index (χ1v) is 8.27. The van der Waals surface area contributed by atoms with Crippen LogP contribution < -0.4 is 10.1 Å². The molecule has 8 heteroatoms. The third-order valence-corrected chi connectivity index (χ3v) is 4.54. The van der Waals surface area contributed by atoms with E-state index >= 15 is 0 Å². The fourth-order valence-corrected chi connectivity index (χ4v) is 3.23. The van der Waals surface area contributed by atoms with Crippen LogP contribution in [0.15, 0.2) is 18.3 Å². The molecule has 3 rings (SSSR count). The number of H-pyrrole nitrogens is 1. The Hall–Kier alpha value is -2.25. The van der Waals surface area contributed by atoms with Crippen LogP contribution in [0.1, 0.15) is 37.7 Å². The molecule has 1 aromatic carbocycles. The van der Waals surface area contributed by atoms with E-state index in [1.54, 1.807) is 6.20 Å². The molecule has 0 bridgehead atoms. The standard InChI is InChI=1S/C17H20F3N3O2/c1-10-13-9-21-23-14(13)6-7-15(10)25-12-4-2-11(3-5-12)22-16(24)8-17(18,19)20/h6-7,9,11-12H,2-5,8H2,1H3,(H,21,23)(H,22,24)/t11-,12+. The number of hydrogen-bond acceptors (Lipinski definition) is 3. The van der Waals surface area contributed by atoms with Crippen molar-refractivity contribution in [2.24, 2.45) is 0 Å². The van der Waals surface area contributed by atoms with Gasteiger partial charge in [-0.1, -0.05) is 0 Å². The molecule has 2 N–H and O–H groups in total. The van der Waals surface area contributed by atoms with Crippen LogP contribution in [0.2, 0.25) is 0 Å². The van der Waals surface area contributed by atoms with Gasteiger partial charge in [0.05, 0.1) is 17.8 Å². The van der Waals surface area contributed by atoms with Crippen molar-refractivity contribution in [3.63, 3.8) is 0 Å². The quantitative estimate of drug-likeness (QED) is 0.880. The largest absolute Gasteiger partial charge is 0.490 e. The SMILES string of the molecule is Cc1c(O[C@H]2CC[C@@H](NC(=O)CC(F)(F)F)CC2)ccc2[nH]ncc12. The van der Waals surface area contributed by atoms with Gasteiger partial charge >= 0.3 is 6.18 Å². The molecule has 0 aliphatic heterocycles. The zero-order chi connectivity index (χ0) is 18.0. The van der Waals surface area contributed by atoms with E-state index in [0.29, 0.717) is 25.7 Å². The molecule has 1 aliphatic rings. The molecule has 2 aromatic rings. The van der Waals surface area contributed by atoms with Crippen molar-refractivity contribution in [2.75, 3.05) is 0 Å². The third kappa shape index (κ3) is 4.43. The molecule has 1 aromatic heterocycles. The average Bonchev–Trinajstić information content (AvgIpc) is 2.99. The Bertz CT molecular complexity index is 749. The van der Waals surface area contributed by atoms with Crippen molar-refractivity contribution >= 4 is 16.8 Å². The Balaban J connectivity index is 1.52. The fraction of sp³-hybridized carbons (Fsp3) is 0.529. The lowest BCUT2D eigenvalue weighted by Gasteiger charge is -2.30. The number of aromatic nitrogens is 2. The van der Waals surface area contributed by atoms with Gasteiger partial charge in [-0.3, -0.25) is 9.89 Å². The summed E-state index contributed by atoms with van der Waals surface area (Å²) in [5.74, 6) is -0.170. The Morgan fingerprint density at radius 2 is 2.04 bits per heavy atom. The molecule has 0 saturated heterocycles. The Labute approximate surface area is 142 Å². The molecule has 5 nitrogen and oxygen atoms in total. The molecule has 1 fully saturated rings. The van der Waals surface area contributed by atoms with E-state index in [4.69, 9.17) is 4.74 Å². The summed E-state index contributed by atoms with van der Waals surface area (Å²) in [5.41, 5.74) is 1.95. The maximum Gasteiger partial charge on any atom is 0.397 e. The average molecular weight is 355 g/mol. The van der Waals surface area contributed by atoms with E-state index in [0.717, 1.165) is 22.2 Å². The monoisotopic (exact) mass is 355 g/mol. The Kier molecular flexibility index (Phi) is 4.87. The minimum absolute atomic E-state index is 0.00109. The second kappa shape index (κ2) is 6.93. The number of benzene rings is 1. The van der Waals surface area contributed by atoms with Crippen molar-refractivity contribution in [3.05, 3.63) is 23.9 Å². The number of amides is 1. The summed E-state index contributed by atoms with van der Waals surface area (Å²) < 4.78 is 42.7. The third-order valence-electron chi connectivity index (χ3n) is 4.54. The predicted molar refractivity (Wildman–Crippen MR) is 86.3 cm³/mol. The van der Waals surface area contributed by atoms with Crippen LogP contribution in [0.3, 0.4) is 0 Å². The molecule has 0 unspecified atom stereocenters. The van der Waals surface area contributed by atoms with Crippen LogP contribution >= 0.6 is 0 Å². The molecule has 1 aliphatic carbocycles. The fourth-order valence-electron chi connectivity index (χ4n) is 3.23. The van der Waals surface area contributed by atoms with E-state index in [1.165, 1.54) is 0 Å². The van der Waals surface area contributed by atoms with Gasteiger partial charge in [0.2, 0.25) is 5.91 Å². The zero-order valence-corrected chi connectivity index (χ0v) is 13.8. The molecule has 1 heterocycles. The number of alkyl halides is 3. The van der Waals surface area contributed by atoms with E-state index < -0.39 is 18.5 Å². The van der Waals surface area contributed by atoms with E-state index in [2.05, 4.69) is 15.5 Å². The summed E-state index contributed by atoms with van der Waals surface area (Å²) >= 11 is 0. The predicted octanol–water partition coefficient (Wildman–Crippen LogP) is 3.63. The number of fused-ring (bicyclic) bond motifs is 1. The Morgan fingerprint density at radius 3 is 2.72 bits per heavy atom. The van der Waals surface area contributed by atoms with Crippen LogP contribution in [0.25, 0.3) is 10.9 Å². The van der Waals surface area contributed by atoms with Crippen LogP contribution in [-0.4, -0.2) is 34.4 Å². The second-order valence-corrected chi connectivity index (χ2v) is 6.47. The summed E-state index contributed by atoms with van der Waals surface area (Å²) in [4.78, 5) is 11.4. The number of aryl methyl sites for hydroxylation is 1. The van der Waals surface area contributed by atoms with Crippen molar-refractivity contribution in [1.29, 1.82) is 0 Å². The number of halogens is 3. The van der Waals surface area contributed by atoms with Crippen molar-refractivity contribution in [2.45, 2.75) is 57.3 Å². The number of ether oxygens (including phenoxy) is 1. The number of rotatable bonds is 4. The summed E-state index contributed by atoms with van der Waals surface area (Å²) in [6, 6.07) is 3.59. The smallest absolute Gasteiger partial charge is 0.397 e. The number of carbonyl (C=O) groups is 1. The van der Waals surface area contributed by atoms with E-state index in [1.807, 2.05) is 19.1 Å². The highest BCUT2D eigenvalue weighted by Gasteiger charge is 2.32. The van der Waals surface area contributed by atoms with Gasteiger partial charge in [0.15, 0.2) is 0 Å². The number of nitrogens with zero attached hydrogens (tertiary/aromatic N) is 1. The number of hydrogen-bond donors (Lipinski definition) is 2. The maximum atomic E-state index is 12.2. The normalized spacial score (nSPS) is 21.3. The van der Waals surface area contributed by atoms with E-state index in [9.17, 15) is 18.0 Å². The molecule has 0 atom stereocenters. The lowest BCUT2D eigenvalue weighted by atomic mass is 9.92. The van der Waals surface area contributed by atoms with Crippen LogP contribution in [0, 0.1) is 6.92 Å². The highest BCUT2D eigenvalue weighted by molar-refractivity contribution is 5.83. The summed E-state index contributed by atoms with van der Waals surface area (Å²) in [6.07, 6.45) is -1.52. The van der Waals surface area contributed by atoms with Crippen molar-refractivity contribution < 1.29 is 22.7 Å². The second-order valence-electron chi connectivity index (χ2n) is 6.47. The van der Waals surface area contributed by atoms with Gasteiger partial charge in [0.1, 0.15) is 12.2 Å². The summed E-state index contributed by atoms with van der Waals surface area (Å²) in [5, 5.41) is 10.4. The first-order chi connectivity index (χ1) is 11.8. The lowest BCUT2D eigenvalue weighted by molar-refractivity contribution is -0.154. The van der Waals surface area contributed by atoms with Crippen LogP contribution in [0.5, 0.6) is 5.75 Å². The Morgan fingerprint density at radius 1 is 1.32 bits per heavy atom. The van der Waals surface area contributed by atoms with Crippen LogP contribution in [0.4, 0.5) is 13.2 Å². The van der Waals surface area contributed by atoms with Gasteiger partial charge in [-0.05, 0) is 44.7 Å². The molecule has 1 amide bonds. The summed E-state index contributed by atoms with van der Waals surface area (Å²) in [6.45, 7) is 1.97. The topological polar surface area (TPSA) is 67.0 Å². The minimum atomic E-state index is -4.46. The van der Waals surface area contributed by atoms with Crippen molar-refractivity contribution in [3.8, 4) is 5.75 Å². The lowest BCUT2D eigenvalue weighted by Crippen LogP contribution is -2.41. The molecule has 25 heavy (non-hydrogen) atoms. The summed E-state index contributed by atoms with van der Waals surface area (Å²) in [7, 11) is 0. The molecular formula is C17H20F3N3O2. The molecule has 0 radical (unpaired) electrons. The van der Waals surface area contributed by atoms with Crippen LogP contribution in [-0.2, 0) is 4.79 Å². The highest BCUT2D eigenvalue weighted by Crippen LogP contribution is 2.30. The van der Waals surface area contributed by atoms with Gasteiger partial charge in [0, 0.05) is 17.0 Å². The first kappa shape index (κ1) is 17.6. The minimum Gasteiger partial charge on any atom is -0.490 e. The van der Waals surface area contributed by atoms with Gasteiger partial charge < -0.3 is 10.1 Å². The zero-order valence-electron chi connectivity index (χ0n) is 13.8. The van der Waals surface area contributed by atoms with Gasteiger partial charge in [0.25, 0.3) is 0 Å².